The molecule has 0 bridgehead atoms. The molecule has 76 valence electrons. The minimum absolute atomic E-state index is 0.284. The van der Waals surface area contributed by atoms with Crippen molar-refractivity contribution in [2.45, 2.75) is 6.42 Å². The summed E-state index contributed by atoms with van der Waals surface area (Å²) in [6.07, 6.45) is 3.76. The third-order valence-corrected chi connectivity index (χ3v) is 1.81. The lowest BCUT2D eigenvalue weighted by atomic mass is 10.2. The van der Waals surface area contributed by atoms with E-state index in [9.17, 15) is 13.2 Å². The third-order valence-electron chi connectivity index (χ3n) is 1.59. The maximum Gasteiger partial charge on any atom is 0.194 e. The van der Waals surface area contributed by atoms with E-state index in [-0.39, 0.29) is 5.56 Å². The highest BCUT2D eigenvalue weighted by molar-refractivity contribution is 6.17. The number of hydrogen-bond donors (Lipinski definition) is 0. The van der Waals surface area contributed by atoms with Gasteiger partial charge in [-0.05, 0) is 24.1 Å². The fourth-order valence-corrected chi connectivity index (χ4v) is 1.08. The largest absolute Gasteiger partial charge is 0.204 e. The molecule has 4 heteroatoms. The van der Waals surface area contributed by atoms with E-state index in [2.05, 4.69) is 0 Å². The molecule has 0 spiro atoms. The number of rotatable bonds is 3. The summed E-state index contributed by atoms with van der Waals surface area (Å²) in [5.41, 5.74) is 0.284. The normalized spacial score (nSPS) is 11.1. The topological polar surface area (TPSA) is 0 Å². The van der Waals surface area contributed by atoms with Crippen LogP contribution >= 0.6 is 11.6 Å². The van der Waals surface area contributed by atoms with Crippen molar-refractivity contribution in [2.24, 2.45) is 0 Å². The molecule has 0 amide bonds. The van der Waals surface area contributed by atoms with Crippen LogP contribution in [0.25, 0.3) is 6.08 Å². The van der Waals surface area contributed by atoms with Crippen molar-refractivity contribution >= 4 is 17.7 Å². The summed E-state index contributed by atoms with van der Waals surface area (Å²) in [6, 6.07) is 1.87. The van der Waals surface area contributed by atoms with E-state index in [1.807, 2.05) is 0 Å². The van der Waals surface area contributed by atoms with Gasteiger partial charge < -0.3 is 0 Å². The van der Waals surface area contributed by atoms with Gasteiger partial charge in [0.15, 0.2) is 17.5 Å². The van der Waals surface area contributed by atoms with Gasteiger partial charge in [-0.15, -0.1) is 11.6 Å². The Kier molecular flexibility index (Phi) is 4.01. The van der Waals surface area contributed by atoms with Gasteiger partial charge in [0.1, 0.15) is 0 Å². The Morgan fingerprint density at radius 2 is 1.71 bits per heavy atom. The van der Waals surface area contributed by atoms with E-state index in [0.29, 0.717) is 12.3 Å². The number of alkyl halides is 1. The van der Waals surface area contributed by atoms with Gasteiger partial charge in [-0.1, -0.05) is 12.2 Å². The van der Waals surface area contributed by atoms with Gasteiger partial charge in [-0.25, -0.2) is 13.2 Å². The van der Waals surface area contributed by atoms with Gasteiger partial charge >= 0.3 is 0 Å². The molecular weight excluding hydrogens is 213 g/mol. The molecule has 1 aromatic rings. The lowest BCUT2D eigenvalue weighted by molar-refractivity contribution is 0.447. The standard InChI is InChI=1S/C10H8ClF3/c11-4-2-1-3-7-5-8(12)10(14)9(13)6-7/h1,3,5-6H,2,4H2/b3-1+. The maximum absolute atomic E-state index is 12.7. The van der Waals surface area contributed by atoms with Crippen molar-refractivity contribution in [3.63, 3.8) is 0 Å². The van der Waals surface area contributed by atoms with E-state index in [0.717, 1.165) is 12.1 Å². The molecule has 0 aliphatic rings. The lowest BCUT2D eigenvalue weighted by Crippen LogP contribution is -1.90. The summed E-state index contributed by atoms with van der Waals surface area (Å²) in [5.74, 6) is -3.38. The predicted molar refractivity (Wildman–Crippen MR) is 50.7 cm³/mol. The average molecular weight is 221 g/mol. The lowest BCUT2D eigenvalue weighted by Gasteiger charge is -1.97. The fourth-order valence-electron chi connectivity index (χ4n) is 0.954. The Balaban J connectivity index is 2.89. The van der Waals surface area contributed by atoms with E-state index in [1.54, 1.807) is 6.08 Å². The molecule has 0 fully saturated rings. The van der Waals surface area contributed by atoms with E-state index in [1.165, 1.54) is 6.08 Å². The molecule has 0 N–H and O–H groups in total. The first kappa shape index (κ1) is 11.1. The highest BCUT2D eigenvalue weighted by Gasteiger charge is 2.08. The summed E-state index contributed by atoms with van der Waals surface area (Å²) >= 11 is 5.40. The van der Waals surface area contributed by atoms with Crippen molar-refractivity contribution in [1.29, 1.82) is 0 Å². The predicted octanol–water partition coefficient (Wildman–Crippen LogP) is 3.75. The number of hydrogen-bond acceptors (Lipinski definition) is 0. The van der Waals surface area contributed by atoms with Crippen LogP contribution in [0.5, 0.6) is 0 Å². The van der Waals surface area contributed by atoms with E-state index in [4.69, 9.17) is 11.6 Å². The van der Waals surface area contributed by atoms with Crippen LogP contribution in [0.2, 0.25) is 0 Å². The molecule has 0 saturated carbocycles. The monoisotopic (exact) mass is 220 g/mol. The van der Waals surface area contributed by atoms with Crippen LogP contribution < -0.4 is 0 Å². The number of benzene rings is 1. The smallest absolute Gasteiger partial charge is 0.194 e. The Morgan fingerprint density at radius 1 is 1.14 bits per heavy atom. The summed E-state index contributed by atoms with van der Waals surface area (Å²) in [4.78, 5) is 0. The van der Waals surface area contributed by atoms with Gasteiger partial charge in [0.2, 0.25) is 0 Å². The summed E-state index contributed by atoms with van der Waals surface area (Å²) < 4.78 is 37.9. The first-order valence-electron chi connectivity index (χ1n) is 4.02. The van der Waals surface area contributed by atoms with Crippen molar-refractivity contribution < 1.29 is 13.2 Å². The van der Waals surface area contributed by atoms with Crippen LogP contribution in [0.4, 0.5) is 13.2 Å². The van der Waals surface area contributed by atoms with Crippen LogP contribution in [0.15, 0.2) is 18.2 Å². The van der Waals surface area contributed by atoms with Gasteiger partial charge in [-0.3, -0.25) is 0 Å². The molecule has 0 radical (unpaired) electrons. The molecule has 14 heavy (non-hydrogen) atoms. The Labute approximate surface area is 85.0 Å². The van der Waals surface area contributed by atoms with Crippen molar-refractivity contribution in [3.05, 3.63) is 41.2 Å². The van der Waals surface area contributed by atoms with E-state index >= 15 is 0 Å². The number of halogens is 4. The molecule has 0 aliphatic carbocycles. The van der Waals surface area contributed by atoms with Crippen molar-refractivity contribution in [3.8, 4) is 0 Å². The molecule has 0 unspecified atom stereocenters. The van der Waals surface area contributed by atoms with Gasteiger partial charge in [-0.2, -0.15) is 0 Å². The zero-order valence-electron chi connectivity index (χ0n) is 7.24. The Bertz CT molecular complexity index is 324. The molecule has 0 aliphatic heterocycles. The SMILES string of the molecule is Fc1cc(/C=C/CCCl)cc(F)c1F. The second kappa shape index (κ2) is 5.05. The maximum atomic E-state index is 12.7. The molecular formula is C10H8ClF3. The summed E-state index contributed by atoms with van der Waals surface area (Å²) in [5, 5.41) is 0. The minimum atomic E-state index is -1.44. The van der Waals surface area contributed by atoms with Gasteiger partial charge in [0.25, 0.3) is 0 Å². The second-order valence-corrected chi connectivity index (χ2v) is 3.06. The second-order valence-electron chi connectivity index (χ2n) is 2.68. The Hall–Kier alpha value is -0.960. The molecule has 0 atom stereocenters. The third kappa shape index (κ3) is 2.77. The highest BCUT2D eigenvalue weighted by Crippen LogP contribution is 2.14. The first-order chi connectivity index (χ1) is 6.65. The van der Waals surface area contributed by atoms with Crippen LogP contribution in [0.1, 0.15) is 12.0 Å². The summed E-state index contributed by atoms with van der Waals surface area (Å²) in [7, 11) is 0. The average Bonchev–Trinajstić information content (AvgIpc) is 2.14. The molecule has 1 rings (SSSR count). The van der Waals surface area contributed by atoms with Crippen molar-refractivity contribution in [1.82, 2.24) is 0 Å². The van der Waals surface area contributed by atoms with Crippen LogP contribution in [0.3, 0.4) is 0 Å². The van der Waals surface area contributed by atoms with Crippen LogP contribution in [-0.4, -0.2) is 5.88 Å². The fraction of sp³-hybridized carbons (Fsp3) is 0.200. The van der Waals surface area contributed by atoms with E-state index < -0.39 is 17.5 Å². The molecule has 0 nitrogen and oxygen atoms in total. The molecule has 0 aromatic heterocycles. The highest BCUT2D eigenvalue weighted by atomic mass is 35.5. The zero-order chi connectivity index (χ0) is 10.6. The molecule has 0 saturated heterocycles. The van der Waals surface area contributed by atoms with Gasteiger partial charge in [0.05, 0.1) is 0 Å². The molecule has 1 aromatic carbocycles. The van der Waals surface area contributed by atoms with Crippen LogP contribution in [0, 0.1) is 17.5 Å². The first-order valence-corrected chi connectivity index (χ1v) is 4.55. The minimum Gasteiger partial charge on any atom is -0.204 e. The summed E-state index contributed by atoms with van der Waals surface area (Å²) in [6.45, 7) is 0. The van der Waals surface area contributed by atoms with Crippen molar-refractivity contribution in [2.75, 3.05) is 5.88 Å². The number of allylic oxidation sites excluding steroid dienone is 1. The zero-order valence-corrected chi connectivity index (χ0v) is 7.99. The quantitative estimate of drug-likeness (QED) is 0.538. The Morgan fingerprint density at radius 3 is 2.21 bits per heavy atom. The molecule has 0 heterocycles. The van der Waals surface area contributed by atoms with Crippen LogP contribution in [-0.2, 0) is 0 Å². The van der Waals surface area contributed by atoms with Gasteiger partial charge in [0, 0.05) is 5.88 Å².